The molecular weight excluding hydrogens is 250 g/mol. The second kappa shape index (κ2) is 6.66. The van der Waals surface area contributed by atoms with Crippen LogP contribution >= 0.6 is 11.8 Å². The Bertz CT molecular complexity index is 405. The lowest BCUT2D eigenvalue weighted by molar-refractivity contribution is 0.0691. The van der Waals surface area contributed by atoms with Crippen LogP contribution in [0.2, 0.25) is 0 Å². The fourth-order valence-electron chi connectivity index (χ4n) is 1.88. The second-order valence-electron chi connectivity index (χ2n) is 4.10. The summed E-state index contributed by atoms with van der Waals surface area (Å²) in [5.41, 5.74) is 0.228. The number of rotatable bonds is 5. The van der Waals surface area contributed by atoms with Gasteiger partial charge >= 0.3 is 5.97 Å². The molecule has 0 radical (unpaired) electrons. The molecule has 1 aliphatic heterocycles. The largest absolute Gasteiger partial charge is 0.491 e. The molecule has 1 aromatic carbocycles. The van der Waals surface area contributed by atoms with E-state index in [1.165, 1.54) is 11.5 Å². The van der Waals surface area contributed by atoms with Crippen molar-refractivity contribution in [2.75, 3.05) is 37.7 Å². The molecule has 0 bridgehead atoms. The number of benzene rings is 1. The number of carboxylic acid groups (broad SMARTS) is 1. The number of thioether (sulfide) groups is 1. The molecule has 18 heavy (non-hydrogen) atoms. The molecule has 1 heterocycles. The Labute approximate surface area is 111 Å². The summed E-state index contributed by atoms with van der Waals surface area (Å²) in [6, 6.07) is 6.77. The molecular formula is C13H17NO3S. The van der Waals surface area contributed by atoms with Crippen LogP contribution in [0, 0.1) is 0 Å². The first-order valence-electron chi connectivity index (χ1n) is 6.02. The molecule has 0 amide bonds. The highest BCUT2D eigenvalue weighted by atomic mass is 32.2. The Balaban J connectivity index is 1.84. The van der Waals surface area contributed by atoms with Gasteiger partial charge in [0.25, 0.3) is 0 Å². The van der Waals surface area contributed by atoms with Crippen LogP contribution in [0.3, 0.4) is 0 Å². The molecule has 0 aromatic heterocycles. The van der Waals surface area contributed by atoms with E-state index in [4.69, 9.17) is 9.84 Å². The quantitative estimate of drug-likeness (QED) is 0.881. The monoisotopic (exact) mass is 267 g/mol. The Morgan fingerprint density at radius 1 is 1.33 bits per heavy atom. The Hall–Kier alpha value is -1.20. The molecule has 98 valence electrons. The second-order valence-corrected chi connectivity index (χ2v) is 5.33. The van der Waals surface area contributed by atoms with E-state index >= 15 is 0 Å². The van der Waals surface area contributed by atoms with E-state index in [1.54, 1.807) is 24.3 Å². The first-order valence-corrected chi connectivity index (χ1v) is 7.18. The molecule has 0 spiro atoms. The predicted octanol–water partition coefficient (Wildman–Crippen LogP) is 1.81. The minimum absolute atomic E-state index is 0.228. The topological polar surface area (TPSA) is 49.8 Å². The van der Waals surface area contributed by atoms with Crippen LogP contribution in [0.1, 0.15) is 10.4 Å². The van der Waals surface area contributed by atoms with Crippen molar-refractivity contribution in [3.63, 3.8) is 0 Å². The fraction of sp³-hybridized carbons (Fsp3) is 0.462. The van der Waals surface area contributed by atoms with E-state index < -0.39 is 5.97 Å². The van der Waals surface area contributed by atoms with Crippen LogP contribution in [0.4, 0.5) is 0 Å². The van der Waals surface area contributed by atoms with Crippen molar-refractivity contribution in [2.45, 2.75) is 0 Å². The van der Waals surface area contributed by atoms with Crippen LogP contribution in [-0.2, 0) is 0 Å². The summed E-state index contributed by atoms with van der Waals surface area (Å²) in [6.45, 7) is 3.58. The summed E-state index contributed by atoms with van der Waals surface area (Å²) in [5.74, 6) is 1.86. The average Bonchev–Trinajstić information content (AvgIpc) is 2.40. The third-order valence-corrected chi connectivity index (χ3v) is 3.83. The zero-order chi connectivity index (χ0) is 12.8. The van der Waals surface area contributed by atoms with Crippen molar-refractivity contribution in [2.24, 2.45) is 0 Å². The Kier molecular flexibility index (Phi) is 4.90. The molecule has 1 aromatic rings. The molecule has 2 rings (SSSR count). The molecule has 0 unspecified atom stereocenters. The SMILES string of the molecule is O=C(O)c1ccccc1OCCN1CCSCC1. The van der Waals surface area contributed by atoms with E-state index in [0.717, 1.165) is 19.6 Å². The van der Waals surface area contributed by atoms with Gasteiger partial charge in [0.1, 0.15) is 17.9 Å². The molecule has 1 N–H and O–H groups in total. The molecule has 0 saturated carbocycles. The van der Waals surface area contributed by atoms with E-state index in [0.29, 0.717) is 12.4 Å². The number of para-hydroxylation sites is 1. The highest BCUT2D eigenvalue weighted by Crippen LogP contribution is 2.17. The van der Waals surface area contributed by atoms with Gasteiger partial charge in [-0.3, -0.25) is 4.90 Å². The van der Waals surface area contributed by atoms with E-state index in [2.05, 4.69) is 4.90 Å². The summed E-state index contributed by atoms with van der Waals surface area (Å²) in [7, 11) is 0. The number of hydrogen-bond acceptors (Lipinski definition) is 4. The molecule has 1 aliphatic rings. The van der Waals surface area contributed by atoms with Gasteiger partial charge in [-0.1, -0.05) is 12.1 Å². The third-order valence-electron chi connectivity index (χ3n) is 2.89. The van der Waals surface area contributed by atoms with Crippen molar-refractivity contribution in [3.8, 4) is 5.75 Å². The molecule has 1 saturated heterocycles. The van der Waals surface area contributed by atoms with Crippen molar-refractivity contribution in [1.82, 2.24) is 4.90 Å². The van der Waals surface area contributed by atoms with Crippen LogP contribution in [0.25, 0.3) is 0 Å². The van der Waals surface area contributed by atoms with Gasteiger partial charge in [-0.15, -0.1) is 0 Å². The van der Waals surface area contributed by atoms with Crippen LogP contribution < -0.4 is 4.74 Å². The number of ether oxygens (including phenoxy) is 1. The number of aromatic carboxylic acids is 1. The number of hydrogen-bond donors (Lipinski definition) is 1. The van der Waals surface area contributed by atoms with Gasteiger partial charge in [-0.05, 0) is 12.1 Å². The molecule has 0 atom stereocenters. The maximum absolute atomic E-state index is 11.0. The van der Waals surface area contributed by atoms with E-state index in [1.807, 2.05) is 11.8 Å². The summed E-state index contributed by atoms with van der Waals surface area (Å²) in [4.78, 5) is 13.3. The Morgan fingerprint density at radius 2 is 2.06 bits per heavy atom. The van der Waals surface area contributed by atoms with Gasteiger partial charge < -0.3 is 9.84 Å². The fourth-order valence-corrected chi connectivity index (χ4v) is 2.86. The minimum Gasteiger partial charge on any atom is -0.491 e. The van der Waals surface area contributed by atoms with Crippen LogP contribution in [-0.4, -0.2) is 53.7 Å². The van der Waals surface area contributed by atoms with Crippen LogP contribution in [0.5, 0.6) is 5.75 Å². The van der Waals surface area contributed by atoms with E-state index in [9.17, 15) is 4.79 Å². The average molecular weight is 267 g/mol. The zero-order valence-corrected chi connectivity index (χ0v) is 11.0. The third kappa shape index (κ3) is 3.65. The predicted molar refractivity (Wildman–Crippen MR) is 72.7 cm³/mol. The first-order chi connectivity index (χ1) is 8.77. The van der Waals surface area contributed by atoms with Crippen molar-refractivity contribution in [3.05, 3.63) is 29.8 Å². The zero-order valence-electron chi connectivity index (χ0n) is 10.2. The van der Waals surface area contributed by atoms with Gasteiger partial charge in [0, 0.05) is 31.1 Å². The van der Waals surface area contributed by atoms with Gasteiger partial charge in [0.15, 0.2) is 0 Å². The maximum atomic E-state index is 11.0. The standard InChI is InChI=1S/C13H17NO3S/c15-13(16)11-3-1-2-4-12(11)17-8-5-14-6-9-18-10-7-14/h1-4H,5-10H2,(H,15,16). The lowest BCUT2D eigenvalue weighted by Crippen LogP contribution is -2.35. The summed E-state index contributed by atoms with van der Waals surface area (Å²) < 4.78 is 5.57. The van der Waals surface area contributed by atoms with Gasteiger partial charge in [0.2, 0.25) is 0 Å². The highest BCUT2D eigenvalue weighted by molar-refractivity contribution is 7.99. The minimum atomic E-state index is -0.944. The number of carboxylic acids is 1. The molecule has 5 heteroatoms. The Morgan fingerprint density at radius 3 is 2.78 bits per heavy atom. The first kappa shape index (κ1) is 13.2. The van der Waals surface area contributed by atoms with Crippen LogP contribution in [0.15, 0.2) is 24.3 Å². The van der Waals surface area contributed by atoms with Crippen molar-refractivity contribution >= 4 is 17.7 Å². The lowest BCUT2D eigenvalue weighted by Gasteiger charge is -2.25. The summed E-state index contributed by atoms with van der Waals surface area (Å²) >= 11 is 1.97. The van der Waals surface area contributed by atoms with Gasteiger partial charge in [0.05, 0.1) is 0 Å². The van der Waals surface area contributed by atoms with Gasteiger partial charge in [-0.25, -0.2) is 4.79 Å². The number of nitrogens with zero attached hydrogens (tertiary/aromatic N) is 1. The lowest BCUT2D eigenvalue weighted by atomic mass is 10.2. The normalized spacial score (nSPS) is 16.4. The van der Waals surface area contributed by atoms with Crippen molar-refractivity contribution < 1.29 is 14.6 Å². The van der Waals surface area contributed by atoms with E-state index in [-0.39, 0.29) is 5.56 Å². The molecule has 4 nitrogen and oxygen atoms in total. The molecule has 0 aliphatic carbocycles. The summed E-state index contributed by atoms with van der Waals surface area (Å²) in [5, 5.41) is 9.02. The van der Waals surface area contributed by atoms with Gasteiger partial charge in [-0.2, -0.15) is 11.8 Å². The van der Waals surface area contributed by atoms with Crippen molar-refractivity contribution in [1.29, 1.82) is 0 Å². The summed E-state index contributed by atoms with van der Waals surface area (Å²) in [6.07, 6.45) is 0. The molecule has 1 fully saturated rings. The number of carbonyl (C=O) groups is 1. The highest BCUT2D eigenvalue weighted by Gasteiger charge is 2.12. The maximum Gasteiger partial charge on any atom is 0.339 e. The smallest absolute Gasteiger partial charge is 0.339 e.